The van der Waals surface area contributed by atoms with E-state index in [2.05, 4.69) is 30.0 Å². The highest BCUT2D eigenvalue weighted by atomic mass is 32.2. The zero-order valence-electron chi connectivity index (χ0n) is 17.1. The lowest BCUT2D eigenvalue weighted by molar-refractivity contribution is -0.114. The maximum absolute atomic E-state index is 13.4. The molecule has 0 saturated carbocycles. The van der Waals surface area contributed by atoms with Crippen LogP contribution < -0.4 is 5.32 Å². The van der Waals surface area contributed by atoms with Gasteiger partial charge >= 0.3 is 0 Å². The molecule has 3 heterocycles. The molecule has 1 aliphatic rings. The molecule has 0 bridgehead atoms. The van der Waals surface area contributed by atoms with Gasteiger partial charge in [-0.1, -0.05) is 11.8 Å². The Morgan fingerprint density at radius 1 is 1.23 bits per heavy atom. The van der Waals surface area contributed by atoms with Gasteiger partial charge in [0.2, 0.25) is 5.91 Å². The van der Waals surface area contributed by atoms with E-state index in [1.165, 1.54) is 30.4 Å². The molecule has 2 aromatic heterocycles. The average molecular weight is 463 g/mol. The van der Waals surface area contributed by atoms with Gasteiger partial charge < -0.3 is 14.6 Å². The topological polar surface area (TPSA) is 85.2 Å². The quantitative estimate of drug-likeness (QED) is 0.515. The third-order valence-corrected chi connectivity index (χ3v) is 6.55. The third kappa shape index (κ3) is 5.88. The molecule has 0 aliphatic carbocycles. The summed E-state index contributed by atoms with van der Waals surface area (Å²) in [5, 5.41) is 14.8. The number of carbonyl (C=O) groups is 1. The van der Waals surface area contributed by atoms with Crippen LogP contribution in [-0.4, -0.2) is 63.4 Å². The molecule has 8 nitrogen and oxygen atoms in total. The molecule has 0 radical (unpaired) electrons. The van der Waals surface area contributed by atoms with Gasteiger partial charge in [0.1, 0.15) is 5.82 Å². The minimum atomic E-state index is -0.281. The van der Waals surface area contributed by atoms with Gasteiger partial charge in [0.05, 0.1) is 18.9 Å². The predicted molar refractivity (Wildman–Crippen MR) is 119 cm³/mol. The highest BCUT2D eigenvalue weighted by Gasteiger charge is 2.17. The van der Waals surface area contributed by atoms with Crippen LogP contribution in [0.5, 0.6) is 0 Å². The minimum Gasteiger partial charge on any atom is -0.379 e. The number of morpholine rings is 1. The number of thioether (sulfide) groups is 1. The lowest BCUT2D eigenvalue weighted by atomic mass is 10.2. The van der Waals surface area contributed by atoms with Gasteiger partial charge in [-0.15, -0.1) is 21.5 Å². The molecule has 31 heavy (non-hydrogen) atoms. The molecule has 1 aliphatic heterocycles. The number of hydrogen-bond acceptors (Lipinski definition) is 8. The number of carbonyl (C=O) groups excluding carboxylic acids is 1. The van der Waals surface area contributed by atoms with E-state index in [-0.39, 0.29) is 11.7 Å². The van der Waals surface area contributed by atoms with Crippen molar-refractivity contribution < 1.29 is 13.9 Å². The Hall–Kier alpha value is -2.34. The molecule has 0 unspecified atom stereocenters. The van der Waals surface area contributed by atoms with Crippen LogP contribution in [0.1, 0.15) is 12.6 Å². The number of rotatable bonds is 8. The van der Waals surface area contributed by atoms with Gasteiger partial charge in [-0.3, -0.25) is 9.69 Å². The molecule has 3 aromatic rings. The van der Waals surface area contributed by atoms with Crippen LogP contribution in [-0.2, 0) is 21.8 Å². The maximum Gasteiger partial charge on any atom is 0.223 e. The standard InChI is InChI=1S/C20H23FN6O2S2/c1-14(28)22-19-23-17(12-30-19)13-31-20-25-24-18(15-2-4-16(21)5-3-15)27(20)7-6-26-8-10-29-11-9-26/h2-5,12H,6-11,13H2,1H3,(H,22,23,28). The fraction of sp³-hybridized carbons (Fsp3) is 0.400. The van der Waals surface area contributed by atoms with Gasteiger partial charge in [-0.05, 0) is 24.3 Å². The summed E-state index contributed by atoms with van der Waals surface area (Å²) >= 11 is 2.94. The normalized spacial score (nSPS) is 14.6. The smallest absolute Gasteiger partial charge is 0.223 e. The third-order valence-electron chi connectivity index (χ3n) is 4.75. The maximum atomic E-state index is 13.4. The molecule has 1 N–H and O–H groups in total. The van der Waals surface area contributed by atoms with Crippen molar-refractivity contribution in [2.75, 3.05) is 38.2 Å². The molecule has 11 heteroatoms. The lowest BCUT2D eigenvalue weighted by Gasteiger charge is -2.27. The van der Waals surface area contributed by atoms with Crippen molar-refractivity contribution in [1.82, 2.24) is 24.6 Å². The molecular weight excluding hydrogens is 439 g/mol. The number of anilines is 1. The molecule has 164 valence electrons. The summed E-state index contributed by atoms with van der Waals surface area (Å²) in [7, 11) is 0. The zero-order valence-corrected chi connectivity index (χ0v) is 18.7. The SMILES string of the molecule is CC(=O)Nc1nc(CSc2nnc(-c3ccc(F)cc3)n2CCN2CCOCC2)cs1. The Bertz CT molecular complexity index is 1020. The van der Waals surface area contributed by atoms with E-state index in [1.807, 2.05) is 5.38 Å². The summed E-state index contributed by atoms with van der Waals surface area (Å²) < 4.78 is 20.9. The first-order chi connectivity index (χ1) is 15.1. The van der Waals surface area contributed by atoms with E-state index in [0.717, 1.165) is 55.8 Å². The molecule has 1 aromatic carbocycles. The summed E-state index contributed by atoms with van der Waals surface area (Å²) in [6.07, 6.45) is 0. The number of ether oxygens (including phenoxy) is 1. The van der Waals surface area contributed by atoms with E-state index in [9.17, 15) is 9.18 Å². The highest BCUT2D eigenvalue weighted by molar-refractivity contribution is 7.98. The lowest BCUT2D eigenvalue weighted by Crippen LogP contribution is -2.38. The zero-order chi connectivity index (χ0) is 21.6. The Balaban J connectivity index is 1.50. The van der Waals surface area contributed by atoms with E-state index in [1.54, 1.807) is 23.9 Å². The van der Waals surface area contributed by atoms with Crippen LogP contribution >= 0.6 is 23.1 Å². The van der Waals surface area contributed by atoms with Crippen molar-refractivity contribution in [1.29, 1.82) is 0 Å². The number of nitrogens with one attached hydrogen (secondary N) is 1. The van der Waals surface area contributed by atoms with Gasteiger partial charge in [0.25, 0.3) is 0 Å². The van der Waals surface area contributed by atoms with Crippen molar-refractivity contribution in [3.63, 3.8) is 0 Å². The highest BCUT2D eigenvalue weighted by Crippen LogP contribution is 2.28. The van der Waals surface area contributed by atoms with E-state index in [4.69, 9.17) is 4.74 Å². The number of aromatic nitrogens is 4. The van der Waals surface area contributed by atoms with Crippen molar-refractivity contribution in [2.45, 2.75) is 24.4 Å². The molecule has 4 rings (SSSR count). The molecule has 0 atom stereocenters. The first-order valence-electron chi connectivity index (χ1n) is 9.92. The summed E-state index contributed by atoms with van der Waals surface area (Å²) in [5.41, 5.74) is 1.69. The summed E-state index contributed by atoms with van der Waals surface area (Å²) in [6.45, 7) is 6.33. The van der Waals surface area contributed by atoms with Gasteiger partial charge in [0, 0.05) is 49.8 Å². The second kappa shape index (κ2) is 10.3. The summed E-state index contributed by atoms with van der Waals surface area (Å²) in [4.78, 5) is 18.0. The Kier molecular flexibility index (Phi) is 7.28. The molecule has 1 fully saturated rings. The van der Waals surface area contributed by atoms with Gasteiger partial charge in [-0.25, -0.2) is 9.37 Å². The van der Waals surface area contributed by atoms with Gasteiger partial charge in [-0.2, -0.15) is 0 Å². The van der Waals surface area contributed by atoms with Gasteiger partial charge in [0.15, 0.2) is 16.1 Å². The van der Waals surface area contributed by atoms with Crippen LogP contribution in [0.2, 0.25) is 0 Å². The first kappa shape index (κ1) is 21.9. The molecule has 0 spiro atoms. The predicted octanol–water partition coefficient (Wildman–Crippen LogP) is 3.12. The second-order valence-corrected chi connectivity index (χ2v) is 8.83. The second-order valence-electron chi connectivity index (χ2n) is 7.03. The Morgan fingerprint density at radius 2 is 2.00 bits per heavy atom. The van der Waals surface area contributed by atoms with Crippen molar-refractivity contribution in [2.24, 2.45) is 0 Å². The first-order valence-corrected chi connectivity index (χ1v) is 11.8. The van der Waals surface area contributed by atoms with Crippen LogP contribution in [0.15, 0.2) is 34.8 Å². The summed E-state index contributed by atoms with van der Waals surface area (Å²) in [5.74, 6) is 0.902. The molecule has 1 saturated heterocycles. The number of thiazole rings is 1. The fourth-order valence-corrected chi connectivity index (χ4v) is 4.91. The number of nitrogens with zero attached hydrogens (tertiary/aromatic N) is 5. The number of amides is 1. The van der Waals surface area contributed by atoms with E-state index in [0.29, 0.717) is 16.7 Å². The Labute approximate surface area is 187 Å². The number of halogens is 1. The van der Waals surface area contributed by atoms with E-state index >= 15 is 0 Å². The monoisotopic (exact) mass is 462 g/mol. The Morgan fingerprint density at radius 3 is 2.74 bits per heavy atom. The van der Waals surface area contributed by atoms with Crippen molar-refractivity contribution >= 4 is 34.1 Å². The molecule has 1 amide bonds. The van der Waals surface area contributed by atoms with Crippen LogP contribution in [0.25, 0.3) is 11.4 Å². The molecular formula is C20H23FN6O2S2. The van der Waals surface area contributed by atoms with E-state index < -0.39 is 0 Å². The van der Waals surface area contributed by atoms with Crippen LogP contribution in [0, 0.1) is 5.82 Å². The average Bonchev–Trinajstić information content (AvgIpc) is 3.38. The van der Waals surface area contributed by atoms with Crippen molar-refractivity contribution in [3.05, 3.63) is 41.2 Å². The summed E-state index contributed by atoms with van der Waals surface area (Å²) in [6, 6.07) is 6.31. The number of hydrogen-bond donors (Lipinski definition) is 1. The largest absolute Gasteiger partial charge is 0.379 e. The number of benzene rings is 1. The van der Waals surface area contributed by atoms with Crippen molar-refractivity contribution in [3.8, 4) is 11.4 Å². The minimum absolute atomic E-state index is 0.139. The van der Waals surface area contributed by atoms with Crippen LogP contribution in [0.3, 0.4) is 0 Å². The van der Waals surface area contributed by atoms with Crippen LogP contribution in [0.4, 0.5) is 9.52 Å². The fourth-order valence-electron chi connectivity index (χ4n) is 3.20.